The van der Waals surface area contributed by atoms with Crippen LogP contribution in [0.3, 0.4) is 0 Å². The summed E-state index contributed by atoms with van der Waals surface area (Å²) < 4.78 is 7.53. The Labute approximate surface area is 113 Å². The van der Waals surface area contributed by atoms with E-state index in [-0.39, 0.29) is 6.10 Å². The molecule has 1 unspecified atom stereocenters. The summed E-state index contributed by atoms with van der Waals surface area (Å²) in [4.78, 5) is 0. The van der Waals surface area contributed by atoms with Crippen molar-refractivity contribution < 1.29 is 9.84 Å². The zero-order chi connectivity index (χ0) is 13.4. The summed E-state index contributed by atoms with van der Waals surface area (Å²) >= 11 is 0. The number of hydrogen-bond acceptors (Lipinski definition) is 2. The van der Waals surface area contributed by atoms with Gasteiger partial charge in [-0.1, -0.05) is 6.07 Å². The molecular formula is C16H19NO2. The van der Waals surface area contributed by atoms with Crippen molar-refractivity contribution in [3.05, 3.63) is 47.3 Å². The van der Waals surface area contributed by atoms with Gasteiger partial charge >= 0.3 is 0 Å². The fourth-order valence-electron chi connectivity index (χ4n) is 2.99. The highest BCUT2D eigenvalue weighted by molar-refractivity contribution is 5.46. The van der Waals surface area contributed by atoms with Gasteiger partial charge in [0.1, 0.15) is 5.75 Å². The van der Waals surface area contributed by atoms with Crippen LogP contribution in [0.2, 0.25) is 0 Å². The lowest BCUT2D eigenvalue weighted by Crippen LogP contribution is -2.11. The summed E-state index contributed by atoms with van der Waals surface area (Å²) in [7, 11) is 1.68. The fraction of sp³-hybridized carbons (Fsp3) is 0.375. The number of aromatic nitrogens is 1. The smallest absolute Gasteiger partial charge is 0.120 e. The van der Waals surface area contributed by atoms with E-state index in [0.29, 0.717) is 0 Å². The molecule has 100 valence electrons. The lowest BCUT2D eigenvalue weighted by molar-refractivity contribution is 0.156. The van der Waals surface area contributed by atoms with Crippen LogP contribution in [-0.2, 0) is 6.42 Å². The Morgan fingerprint density at radius 2 is 2.16 bits per heavy atom. The zero-order valence-electron chi connectivity index (χ0n) is 11.4. The van der Waals surface area contributed by atoms with E-state index in [0.717, 1.165) is 36.3 Å². The topological polar surface area (TPSA) is 34.4 Å². The number of ether oxygens (including phenoxy) is 1. The standard InChI is InChI=1S/C16H19NO2/c1-11-9-14-15(7-4-8-16(14)18)17(11)12-5-3-6-13(10-12)19-2/h3,5-6,9-10,16,18H,4,7-8H2,1-2H3. The van der Waals surface area contributed by atoms with Crippen LogP contribution in [0.1, 0.15) is 35.9 Å². The van der Waals surface area contributed by atoms with Gasteiger partial charge in [0, 0.05) is 28.7 Å². The third kappa shape index (κ3) is 2.04. The van der Waals surface area contributed by atoms with Gasteiger partial charge in [0.15, 0.2) is 0 Å². The Bertz CT molecular complexity index is 601. The number of aryl methyl sites for hydroxylation is 1. The average Bonchev–Trinajstić information content (AvgIpc) is 2.77. The predicted molar refractivity (Wildman–Crippen MR) is 75.0 cm³/mol. The van der Waals surface area contributed by atoms with E-state index in [1.165, 1.54) is 11.4 Å². The minimum Gasteiger partial charge on any atom is -0.497 e. The molecule has 1 aromatic carbocycles. The molecule has 0 fully saturated rings. The van der Waals surface area contributed by atoms with Gasteiger partial charge in [-0.2, -0.15) is 0 Å². The van der Waals surface area contributed by atoms with Gasteiger partial charge in [-0.3, -0.25) is 0 Å². The summed E-state index contributed by atoms with van der Waals surface area (Å²) in [6.45, 7) is 2.09. The molecule has 1 aliphatic carbocycles. The van der Waals surface area contributed by atoms with Crippen LogP contribution in [0.4, 0.5) is 0 Å². The molecule has 0 radical (unpaired) electrons. The van der Waals surface area contributed by atoms with Gasteiger partial charge in [0.25, 0.3) is 0 Å². The molecule has 0 amide bonds. The second-order valence-corrected chi connectivity index (χ2v) is 5.13. The number of nitrogens with zero attached hydrogens (tertiary/aromatic N) is 1. The van der Waals surface area contributed by atoms with E-state index in [1.807, 2.05) is 18.2 Å². The number of aliphatic hydroxyl groups is 1. The van der Waals surface area contributed by atoms with Gasteiger partial charge in [0.05, 0.1) is 13.2 Å². The first-order valence-corrected chi connectivity index (χ1v) is 6.74. The van der Waals surface area contributed by atoms with Crippen LogP contribution in [-0.4, -0.2) is 16.8 Å². The van der Waals surface area contributed by atoms with Gasteiger partial charge in [-0.15, -0.1) is 0 Å². The molecule has 3 rings (SSSR count). The summed E-state index contributed by atoms with van der Waals surface area (Å²) in [5, 5.41) is 10.1. The van der Waals surface area contributed by atoms with E-state index in [1.54, 1.807) is 7.11 Å². The van der Waals surface area contributed by atoms with Gasteiger partial charge < -0.3 is 14.4 Å². The average molecular weight is 257 g/mol. The minimum atomic E-state index is -0.311. The maximum atomic E-state index is 10.1. The third-order valence-corrected chi connectivity index (χ3v) is 3.88. The predicted octanol–water partition coefficient (Wildman–Crippen LogP) is 3.16. The Morgan fingerprint density at radius 1 is 1.32 bits per heavy atom. The number of fused-ring (bicyclic) bond motifs is 1. The summed E-state index contributed by atoms with van der Waals surface area (Å²) in [6, 6.07) is 10.2. The highest BCUT2D eigenvalue weighted by Crippen LogP contribution is 2.34. The van der Waals surface area contributed by atoms with E-state index >= 15 is 0 Å². The lowest BCUT2D eigenvalue weighted by Gasteiger charge is -2.20. The Balaban J connectivity index is 2.14. The molecule has 1 aromatic heterocycles. The van der Waals surface area contributed by atoms with Crippen molar-refractivity contribution in [1.29, 1.82) is 0 Å². The van der Waals surface area contributed by atoms with Crippen molar-refractivity contribution in [2.75, 3.05) is 7.11 Å². The molecule has 1 aliphatic rings. The van der Waals surface area contributed by atoms with Gasteiger partial charge in [-0.25, -0.2) is 0 Å². The first-order chi connectivity index (χ1) is 9.20. The molecule has 3 nitrogen and oxygen atoms in total. The van der Waals surface area contributed by atoms with E-state index < -0.39 is 0 Å². The number of methoxy groups -OCH3 is 1. The molecule has 0 saturated heterocycles. The van der Waals surface area contributed by atoms with E-state index in [2.05, 4.69) is 23.6 Å². The first kappa shape index (κ1) is 12.3. The van der Waals surface area contributed by atoms with Crippen molar-refractivity contribution in [3.8, 4) is 11.4 Å². The molecule has 0 saturated carbocycles. The molecule has 2 aromatic rings. The fourth-order valence-corrected chi connectivity index (χ4v) is 2.99. The van der Waals surface area contributed by atoms with Crippen molar-refractivity contribution in [1.82, 2.24) is 4.57 Å². The molecule has 3 heteroatoms. The van der Waals surface area contributed by atoms with Crippen molar-refractivity contribution in [2.45, 2.75) is 32.3 Å². The zero-order valence-corrected chi connectivity index (χ0v) is 11.4. The number of rotatable bonds is 2. The highest BCUT2D eigenvalue weighted by atomic mass is 16.5. The Morgan fingerprint density at radius 3 is 2.95 bits per heavy atom. The van der Waals surface area contributed by atoms with Crippen LogP contribution in [0.5, 0.6) is 5.75 Å². The van der Waals surface area contributed by atoms with Gasteiger partial charge in [-0.05, 0) is 44.4 Å². The minimum absolute atomic E-state index is 0.311. The number of benzene rings is 1. The van der Waals surface area contributed by atoms with Crippen LogP contribution in [0.15, 0.2) is 30.3 Å². The maximum absolute atomic E-state index is 10.1. The monoisotopic (exact) mass is 257 g/mol. The summed E-state index contributed by atoms with van der Waals surface area (Å²) in [5.74, 6) is 0.857. The molecule has 1 atom stereocenters. The quantitative estimate of drug-likeness (QED) is 0.896. The second kappa shape index (κ2) is 4.74. The van der Waals surface area contributed by atoms with Crippen molar-refractivity contribution >= 4 is 0 Å². The lowest BCUT2D eigenvalue weighted by atomic mass is 9.95. The molecule has 0 spiro atoms. The molecule has 1 N–H and O–H groups in total. The van der Waals surface area contributed by atoms with Crippen LogP contribution < -0.4 is 4.74 Å². The number of aliphatic hydroxyl groups excluding tert-OH is 1. The van der Waals surface area contributed by atoms with Gasteiger partial charge in [0.2, 0.25) is 0 Å². The molecule has 0 aliphatic heterocycles. The number of hydrogen-bond donors (Lipinski definition) is 1. The highest BCUT2D eigenvalue weighted by Gasteiger charge is 2.23. The van der Waals surface area contributed by atoms with E-state index in [9.17, 15) is 5.11 Å². The van der Waals surface area contributed by atoms with Crippen molar-refractivity contribution in [2.24, 2.45) is 0 Å². The summed E-state index contributed by atoms with van der Waals surface area (Å²) in [6.07, 6.45) is 2.63. The molecule has 0 bridgehead atoms. The first-order valence-electron chi connectivity index (χ1n) is 6.74. The summed E-state index contributed by atoms with van der Waals surface area (Å²) in [5.41, 5.74) is 4.60. The normalized spacial score (nSPS) is 18.2. The molecule has 1 heterocycles. The van der Waals surface area contributed by atoms with Crippen molar-refractivity contribution in [3.63, 3.8) is 0 Å². The molecule has 19 heavy (non-hydrogen) atoms. The van der Waals surface area contributed by atoms with E-state index in [4.69, 9.17) is 4.74 Å². The SMILES string of the molecule is COc1cccc(-n2c(C)cc3c2CCCC3O)c1. The largest absolute Gasteiger partial charge is 0.497 e. The maximum Gasteiger partial charge on any atom is 0.120 e. The third-order valence-electron chi connectivity index (χ3n) is 3.88. The molecular weight excluding hydrogens is 238 g/mol. The second-order valence-electron chi connectivity index (χ2n) is 5.13. The van der Waals surface area contributed by atoms with Crippen LogP contribution in [0, 0.1) is 6.92 Å². The Hall–Kier alpha value is -1.74. The van der Waals surface area contributed by atoms with Crippen LogP contribution >= 0.6 is 0 Å². The van der Waals surface area contributed by atoms with Crippen LogP contribution in [0.25, 0.3) is 5.69 Å². The Kier molecular flexibility index (Phi) is 3.07.